The monoisotopic (exact) mass is 470 g/mol. The van der Waals surface area contributed by atoms with Crippen LogP contribution in [-0.2, 0) is 17.6 Å². The van der Waals surface area contributed by atoms with Gasteiger partial charge in [-0.15, -0.1) is 11.3 Å². The van der Waals surface area contributed by atoms with Gasteiger partial charge in [0.25, 0.3) is 5.91 Å². The maximum absolute atomic E-state index is 13.8. The smallest absolute Gasteiger partial charge is 0.341 e. The van der Waals surface area contributed by atoms with Crippen LogP contribution in [0.25, 0.3) is 22.2 Å². The second-order valence-electron chi connectivity index (χ2n) is 8.85. The number of para-hydroxylation sites is 1. The highest BCUT2D eigenvalue weighted by molar-refractivity contribution is 7.17. The highest BCUT2D eigenvalue weighted by Gasteiger charge is 2.30. The molecule has 5 rings (SSSR count). The Kier molecular flexibility index (Phi) is 5.92. The fourth-order valence-corrected chi connectivity index (χ4v) is 6.19. The molecule has 0 spiro atoms. The van der Waals surface area contributed by atoms with Crippen molar-refractivity contribution in [2.75, 3.05) is 12.4 Å². The summed E-state index contributed by atoms with van der Waals surface area (Å²) in [6, 6.07) is 17.5. The zero-order valence-electron chi connectivity index (χ0n) is 19.5. The van der Waals surface area contributed by atoms with Gasteiger partial charge < -0.3 is 10.1 Å². The molecule has 0 fully saturated rings. The number of anilines is 1. The van der Waals surface area contributed by atoms with Crippen molar-refractivity contribution in [3.63, 3.8) is 0 Å². The molecule has 1 amide bonds. The predicted molar refractivity (Wildman–Crippen MR) is 137 cm³/mol. The van der Waals surface area contributed by atoms with Crippen LogP contribution < -0.4 is 5.32 Å². The van der Waals surface area contributed by atoms with Crippen LogP contribution in [0.4, 0.5) is 5.00 Å². The van der Waals surface area contributed by atoms with Crippen LogP contribution in [0.1, 0.15) is 50.1 Å². The Labute approximate surface area is 202 Å². The van der Waals surface area contributed by atoms with E-state index in [1.165, 1.54) is 18.4 Å². The number of aromatic nitrogens is 1. The molecule has 2 aromatic heterocycles. The summed E-state index contributed by atoms with van der Waals surface area (Å²) in [5.74, 6) is -0.0891. The van der Waals surface area contributed by atoms with Crippen LogP contribution in [0.2, 0.25) is 0 Å². The number of ether oxygens (including phenoxy) is 1. The first-order valence-electron chi connectivity index (χ1n) is 11.5. The Morgan fingerprint density at radius 3 is 2.56 bits per heavy atom. The first-order valence-corrected chi connectivity index (χ1v) is 12.3. The number of nitrogens with one attached hydrogen (secondary N) is 1. The molecule has 0 radical (unpaired) electrons. The third-order valence-electron chi connectivity index (χ3n) is 6.54. The van der Waals surface area contributed by atoms with Crippen molar-refractivity contribution in [2.45, 2.75) is 33.1 Å². The fraction of sp³-hybridized carbons (Fsp3) is 0.250. The highest BCUT2D eigenvalue weighted by atomic mass is 32.1. The second kappa shape index (κ2) is 9.03. The molecule has 34 heavy (non-hydrogen) atoms. The van der Waals surface area contributed by atoms with Gasteiger partial charge in [-0.1, -0.05) is 55.5 Å². The van der Waals surface area contributed by atoms with E-state index in [2.05, 4.69) is 12.2 Å². The van der Waals surface area contributed by atoms with E-state index >= 15 is 0 Å². The fourth-order valence-electron chi connectivity index (χ4n) is 4.80. The lowest BCUT2D eigenvalue weighted by Crippen LogP contribution is -2.17. The number of carbonyl (C=O) groups excluding carboxylic acids is 2. The quantitative estimate of drug-likeness (QED) is 0.349. The highest BCUT2D eigenvalue weighted by Crippen LogP contribution is 2.40. The summed E-state index contributed by atoms with van der Waals surface area (Å²) in [7, 11) is 1.39. The summed E-state index contributed by atoms with van der Waals surface area (Å²) in [5, 5.41) is 4.43. The van der Waals surface area contributed by atoms with Crippen LogP contribution in [0, 0.1) is 12.8 Å². The Bertz CT molecular complexity index is 1410. The minimum atomic E-state index is -0.399. The van der Waals surface area contributed by atoms with E-state index in [4.69, 9.17) is 9.72 Å². The molecule has 1 atom stereocenters. The molecule has 6 heteroatoms. The minimum absolute atomic E-state index is 0.245. The number of pyridine rings is 1. The van der Waals surface area contributed by atoms with Crippen LogP contribution in [0.15, 0.2) is 54.6 Å². The third kappa shape index (κ3) is 3.88. The number of carbonyl (C=O) groups is 2. The molecular weight excluding hydrogens is 444 g/mol. The van der Waals surface area contributed by atoms with Gasteiger partial charge in [0.1, 0.15) is 5.00 Å². The van der Waals surface area contributed by atoms with E-state index in [0.29, 0.717) is 22.0 Å². The molecule has 1 N–H and O–H groups in total. The Morgan fingerprint density at radius 2 is 1.79 bits per heavy atom. The summed E-state index contributed by atoms with van der Waals surface area (Å²) >= 11 is 1.50. The van der Waals surface area contributed by atoms with Gasteiger partial charge in [0.15, 0.2) is 0 Å². The number of amides is 1. The minimum Gasteiger partial charge on any atom is -0.465 e. The number of esters is 1. The van der Waals surface area contributed by atoms with E-state index in [-0.39, 0.29) is 5.91 Å². The third-order valence-corrected chi connectivity index (χ3v) is 7.71. The zero-order chi connectivity index (χ0) is 23.8. The van der Waals surface area contributed by atoms with Crippen molar-refractivity contribution in [3.05, 3.63) is 81.7 Å². The summed E-state index contributed by atoms with van der Waals surface area (Å²) < 4.78 is 5.09. The molecule has 0 aliphatic heterocycles. The normalized spacial score (nSPS) is 15.1. The first-order chi connectivity index (χ1) is 16.5. The molecule has 2 aromatic carbocycles. The van der Waals surface area contributed by atoms with Crippen molar-refractivity contribution >= 4 is 39.1 Å². The molecule has 172 valence electrons. The molecule has 5 nitrogen and oxygen atoms in total. The summed E-state index contributed by atoms with van der Waals surface area (Å²) in [4.78, 5) is 32.5. The van der Waals surface area contributed by atoms with Gasteiger partial charge in [0.05, 0.1) is 29.4 Å². The Balaban J connectivity index is 1.63. The lowest BCUT2D eigenvalue weighted by Gasteiger charge is -2.18. The van der Waals surface area contributed by atoms with Crippen molar-refractivity contribution in [2.24, 2.45) is 5.92 Å². The van der Waals surface area contributed by atoms with Crippen LogP contribution in [0.5, 0.6) is 0 Å². The van der Waals surface area contributed by atoms with Crippen molar-refractivity contribution in [1.82, 2.24) is 4.98 Å². The molecule has 1 aliphatic carbocycles. The molecule has 0 saturated carbocycles. The number of thiophene rings is 1. The first kappa shape index (κ1) is 22.3. The maximum Gasteiger partial charge on any atom is 0.341 e. The Hall–Kier alpha value is -3.51. The summed E-state index contributed by atoms with van der Waals surface area (Å²) in [6.45, 7) is 4.15. The number of fused-ring (bicyclic) bond motifs is 2. The molecule has 0 unspecified atom stereocenters. The van der Waals surface area contributed by atoms with Gasteiger partial charge >= 0.3 is 5.97 Å². The lowest BCUT2D eigenvalue weighted by molar-refractivity contribution is 0.0601. The maximum atomic E-state index is 13.8. The van der Waals surface area contributed by atoms with Crippen molar-refractivity contribution in [1.29, 1.82) is 0 Å². The lowest BCUT2D eigenvalue weighted by atomic mass is 9.88. The number of nitrogens with zero attached hydrogens (tertiary/aromatic N) is 1. The second-order valence-corrected chi connectivity index (χ2v) is 9.95. The van der Waals surface area contributed by atoms with Crippen LogP contribution in [0.3, 0.4) is 0 Å². The molecule has 4 aromatic rings. The van der Waals surface area contributed by atoms with Crippen LogP contribution in [-0.4, -0.2) is 24.0 Å². The molecule has 0 bridgehead atoms. The zero-order valence-corrected chi connectivity index (χ0v) is 20.3. The number of hydrogen-bond donors (Lipinski definition) is 1. The number of hydrogen-bond acceptors (Lipinski definition) is 5. The van der Waals surface area contributed by atoms with E-state index in [9.17, 15) is 9.59 Å². The average molecular weight is 471 g/mol. The van der Waals surface area contributed by atoms with Gasteiger partial charge in [-0.05, 0) is 49.3 Å². The van der Waals surface area contributed by atoms with Crippen molar-refractivity contribution < 1.29 is 14.3 Å². The topological polar surface area (TPSA) is 68.3 Å². The van der Waals surface area contributed by atoms with Gasteiger partial charge in [-0.3, -0.25) is 4.79 Å². The van der Waals surface area contributed by atoms with Gasteiger partial charge in [0, 0.05) is 15.8 Å². The van der Waals surface area contributed by atoms with Gasteiger partial charge in [-0.25, -0.2) is 9.78 Å². The van der Waals surface area contributed by atoms with E-state index < -0.39 is 5.97 Å². The average Bonchev–Trinajstić information content (AvgIpc) is 3.20. The largest absolute Gasteiger partial charge is 0.465 e. The van der Waals surface area contributed by atoms with Gasteiger partial charge in [0.2, 0.25) is 0 Å². The molecule has 1 aliphatic rings. The summed E-state index contributed by atoms with van der Waals surface area (Å²) in [5.41, 5.74) is 5.38. The number of benzene rings is 2. The van der Waals surface area contributed by atoms with E-state index in [1.54, 1.807) is 0 Å². The molecular formula is C28H26N2O3S. The van der Waals surface area contributed by atoms with E-state index in [0.717, 1.165) is 57.4 Å². The summed E-state index contributed by atoms with van der Waals surface area (Å²) in [6.07, 6.45) is 2.76. The Morgan fingerprint density at radius 1 is 1.06 bits per heavy atom. The van der Waals surface area contributed by atoms with Crippen molar-refractivity contribution in [3.8, 4) is 11.3 Å². The van der Waals surface area contributed by atoms with Gasteiger partial charge in [-0.2, -0.15) is 0 Å². The predicted octanol–water partition coefficient (Wildman–Crippen LogP) is 6.44. The molecule has 2 heterocycles. The molecule has 0 saturated heterocycles. The van der Waals surface area contributed by atoms with Crippen LogP contribution >= 0.6 is 11.3 Å². The number of methoxy groups -OCH3 is 1. The number of rotatable bonds is 4. The standard InChI is InChI=1S/C28H26N2O3S/c1-16-13-14-20-22(15-16)34-27(24(20)28(32)33-3)30-26(31)23-17(2)25(18-9-5-4-6-10-18)29-21-12-8-7-11-19(21)23/h4-12,16H,13-15H2,1-3H3,(H,30,31)/t16-/m0/s1. The SMILES string of the molecule is COC(=O)c1c(NC(=O)c2c(C)c(-c3ccccc3)nc3ccccc23)sc2c1CC[C@H](C)C2. The van der Waals surface area contributed by atoms with E-state index in [1.807, 2.05) is 61.5 Å².